The van der Waals surface area contributed by atoms with Crippen molar-refractivity contribution in [3.63, 3.8) is 0 Å². The number of pyridine rings is 1. The van der Waals surface area contributed by atoms with E-state index < -0.39 is 0 Å². The molecule has 5 nitrogen and oxygen atoms in total. The van der Waals surface area contributed by atoms with Gasteiger partial charge in [-0.15, -0.1) is 0 Å². The number of aromatic nitrogens is 3. The van der Waals surface area contributed by atoms with Gasteiger partial charge in [0, 0.05) is 36.4 Å². The van der Waals surface area contributed by atoms with Gasteiger partial charge < -0.3 is 10.1 Å². The van der Waals surface area contributed by atoms with Crippen LogP contribution in [0.2, 0.25) is 0 Å². The van der Waals surface area contributed by atoms with Gasteiger partial charge in [-0.2, -0.15) is 0 Å². The third kappa shape index (κ3) is 1.47. The summed E-state index contributed by atoms with van der Waals surface area (Å²) in [5.74, 6) is 1.57. The normalized spacial score (nSPS) is 32.5. The Bertz CT molecular complexity index is 694. The van der Waals surface area contributed by atoms with E-state index in [0.717, 1.165) is 23.3 Å². The minimum atomic E-state index is 0.362. The van der Waals surface area contributed by atoms with Gasteiger partial charge in [0.1, 0.15) is 12.1 Å². The summed E-state index contributed by atoms with van der Waals surface area (Å²) in [4.78, 5) is 13.0. The van der Waals surface area contributed by atoms with E-state index in [4.69, 9.17) is 4.74 Å². The Balaban J connectivity index is 1.51. The minimum absolute atomic E-state index is 0.362. The highest BCUT2D eigenvalue weighted by Crippen LogP contribution is 2.63. The molecule has 2 aliphatic carbocycles. The SMILES string of the molecule is c1cc2ncncc2c(NC2C3CCOC3C23CCC3)n1. The lowest BCUT2D eigenvalue weighted by Gasteiger charge is -2.63. The molecule has 1 saturated heterocycles. The Morgan fingerprint density at radius 3 is 3.10 bits per heavy atom. The molecule has 0 aromatic carbocycles. The molecule has 3 heterocycles. The van der Waals surface area contributed by atoms with Crippen LogP contribution in [0, 0.1) is 11.3 Å². The second-order valence-electron chi connectivity index (χ2n) is 6.57. The van der Waals surface area contributed by atoms with E-state index in [9.17, 15) is 0 Å². The third-order valence-electron chi connectivity index (χ3n) is 5.76. The molecule has 21 heavy (non-hydrogen) atoms. The minimum Gasteiger partial charge on any atom is -0.377 e. The lowest BCUT2D eigenvalue weighted by atomic mass is 9.46. The fraction of sp³-hybridized carbons (Fsp3) is 0.562. The van der Waals surface area contributed by atoms with Gasteiger partial charge in [0.15, 0.2) is 0 Å². The van der Waals surface area contributed by atoms with Crippen molar-refractivity contribution in [3.8, 4) is 0 Å². The predicted octanol–water partition coefficient (Wildman–Crippen LogP) is 2.39. The molecule has 3 atom stereocenters. The third-order valence-corrected chi connectivity index (χ3v) is 5.76. The first-order chi connectivity index (χ1) is 10.4. The van der Waals surface area contributed by atoms with Crippen LogP contribution in [0.15, 0.2) is 24.8 Å². The topological polar surface area (TPSA) is 59.9 Å². The van der Waals surface area contributed by atoms with Crippen LogP contribution < -0.4 is 5.32 Å². The maximum absolute atomic E-state index is 5.98. The van der Waals surface area contributed by atoms with E-state index in [1.165, 1.54) is 25.7 Å². The van der Waals surface area contributed by atoms with E-state index in [1.54, 1.807) is 6.33 Å². The summed E-state index contributed by atoms with van der Waals surface area (Å²) in [6, 6.07) is 2.43. The molecule has 1 aliphatic heterocycles. The van der Waals surface area contributed by atoms with Crippen LogP contribution in [-0.2, 0) is 4.74 Å². The van der Waals surface area contributed by atoms with Crippen molar-refractivity contribution in [2.24, 2.45) is 11.3 Å². The van der Waals surface area contributed by atoms with E-state index in [0.29, 0.717) is 23.5 Å². The van der Waals surface area contributed by atoms with Crippen LogP contribution in [0.3, 0.4) is 0 Å². The Hall–Kier alpha value is -1.75. The van der Waals surface area contributed by atoms with Crippen LogP contribution in [0.25, 0.3) is 10.9 Å². The summed E-state index contributed by atoms with van der Waals surface area (Å²) in [6.45, 7) is 0.918. The molecular formula is C16H18N4O. The second-order valence-corrected chi connectivity index (χ2v) is 6.57. The zero-order valence-corrected chi connectivity index (χ0v) is 11.8. The fourth-order valence-electron chi connectivity index (χ4n) is 4.62. The lowest BCUT2D eigenvalue weighted by Crippen LogP contribution is -2.68. The van der Waals surface area contributed by atoms with Crippen LogP contribution in [0.4, 0.5) is 5.82 Å². The van der Waals surface area contributed by atoms with Gasteiger partial charge >= 0.3 is 0 Å². The zero-order chi connectivity index (χ0) is 13.9. The highest BCUT2D eigenvalue weighted by atomic mass is 16.5. The van der Waals surface area contributed by atoms with Gasteiger partial charge in [0.05, 0.1) is 17.0 Å². The number of fused-ring (bicyclic) bond motifs is 3. The van der Waals surface area contributed by atoms with Gasteiger partial charge in [0.2, 0.25) is 0 Å². The molecule has 5 heteroatoms. The molecule has 2 saturated carbocycles. The largest absolute Gasteiger partial charge is 0.377 e. The Labute approximate surface area is 123 Å². The van der Waals surface area contributed by atoms with Gasteiger partial charge in [0.25, 0.3) is 0 Å². The number of anilines is 1. The molecule has 108 valence electrons. The lowest BCUT2D eigenvalue weighted by molar-refractivity contribution is -0.158. The number of hydrogen-bond acceptors (Lipinski definition) is 5. The standard InChI is InChI=1S/C16H18N4O/c1-4-16(5-1)13(10-3-7-21-14(10)16)20-15-11-8-17-9-19-12(11)2-6-18-15/h2,6,8-10,13-14H,1,3-5,7H2,(H,18,20). The zero-order valence-electron chi connectivity index (χ0n) is 11.8. The second kappa shape index (κ2) is 4.13. The summed E-state index contributed by atoms with van der Waals surface area (Å²) in [7, 11) is 0. The van der Waals surface area contributed by atoms with Gasteiger partial charge in [-0.05, 0) is 25.3 Å². The molecule has 3 fully saturated rings. The van der Waals surface area contributed by atoms with Gasteiger partial charge in [-0.1, -0.05) is 6.42 Å². The van der Waals surface area contributed by atoms with E-state index in [1.807, 2.05) is 18.5 Å². The summed E-state index contributed by atoms with van der Waals surface area (Å²) >= 11 is 0. The molecule has 1 N–H and O–H groups in total. The molecule has 1 spiro atoms. The Morgan fingerprint density at radius 1 is 1.29 bits per heavy atom. The van der Waals surface area contributed by atoms with Gasteiger partial charge in [-0.3, -0.25) is 0 Å². The highest BCUT2D eigenvalue weighted by Gasteiger charge is 2.66. The monoisotopic (exact) mass is 282 g/mol. The molecule has 5 rings (SSSR count). The summed E-state index contributed by atoms with van der Waals surface area (Å²) in [5, 5.41) is 4.73. The Kier molecular flexibility index (Phi) is 2.33. The van der Waals surface area contributed by atoms with Crippen molar-refractivity contribution in [3.05, 3.63) is 24.8 Å². The molecule has 2 aromatic heterocycles. The first kappa shape index (κ1) is 11.9. The van der Waals surface area contributed by atoms with Crippen molar-refractivity contribution < 1.29 is 4.74 Å². The van der Waals surface area contributed by atoms with Gasteiger partial charge in [-0.25, -0.2) is 15.0 Å². The predicted molar refractivity (Wildman–Crippen MR) is 78.9 cm³/mol. The maximum Gasteiger partial charge on any atom is 0.137 e. The van der Waals surface area contributed by atoms with Crippen LogP contribution in [0.5, 0.6) is 0 Å². The maximum atomic E-state index is 5.98. The first-order valence-electron chi connectivity index (χ1n) is 7.81. The molecular weight excluding hydrogens is 264 g/mol. The van der Waals surface area contributed by atoms with Crippen molar-refractivity contribution >= 4 is 16.7 Å². The van der Waals surface area contributed by atoms with Crippen LogP contribution >= 0.6 is 0 Å². The average Bonchev–Trinajstić information content (AvgIpc) is 2.88. The van der Waals surface area contributed by atoms with Crippen molar-refractivity contribution in [1.82, 2.24) is 15.0 Å². The molecule has 0 radical (unpaired) electrons. The fourth-order valence-corrected chi connectivity index (χ4v) is 4.62. The van der Waals surface area contributed by atoms with Crippen LogP contribution in [0.1, 0.15) is 25.7 Å². The Morgan fingerprint density at radius 2 is 2.24 bits per heavy atom. The summed E-state index contributed by atoms with van der Waals surface area (Å²) < 4.78 is 5.98. The average molecular weight is 282 g/mol. The quantitative estimate of drug-likeness (QED) is 0.916. The summed E-state index contributed by atoms with van der Waals surface area (Å²) in [6.07, 6.45) is 10.8. The van der Waals surface area contributed by atoms with E-state index in [2.05, 4.69) is 20.3 Å². The summed E-state index contributed by atoms with van der Waals surface area (Å²) in [5.41, 5.74) is 1.31. The van der Waals surface area contributed by atoms with Crippen molar-refractivity contribution in [2.75, 3.05) is 11.9 Å². The number of hydrogen-bond donors (Lipinski definition) is 1. The molecule has 2 aromatic rings. The first-order valence-corrected chi connectivity index (χ1v) is 7.81. The van der Waals surface area contributed by atoms with Crippen LogP contribution in [-0.4, -0.2) is 33.7 Å². The number of nitrogens with zero attached hydrogens (tertiary/aromatic N) is 3. The smallest absolute Gasteiger partial charge is 0.137 e. The molecule has 3 aliphatic rings. The highest BCUT2D eigenvalue weighted by molar-refractivity contribution is 5.88. The molecule has 0 amide bonds. The number of rotatable bonds is 2. The number of nitrogens with one attached hydrogen (secondary N) is 1. The van der Waals surface area contributed by atoms with Crippen molar-refractivity contribution in [1.29, 1.82) is 0 Å². The van der Waals surface area contributed by atoms with E-state index >= 15 is 0 Å². The molecule has 3 unspecified atom stereocenters. The van der Waals surface area contributed by atoms with E-state index in [-0.39, 0.29) is 0 Å². The molecule has 0 bridgehead atoms. The number of ether oxygens (including phenoxy) is 1. The van der Waals surface area contributed by atoms with Crippen molar-refractivity contribution in [2.45, 2.75) is 37.8 Å².